The average Bonchev–Trinajstić information content (AvgIpc) is 2.72. The summed E-state index contributed by atoms with van der Waals surface area (Å²) in [5.74, 6) is -1.59. The van der Waals surface area contributed by atoms with Crippen molar-refractivity contribution in [2.45, 2.75) is 57.9 Å². The van der Waals surface area contributed by atoms with Gasteiger partial charge in [0.2, 0.25) is 5.91 Å². The molecule has 0 saturated heterocycles. The van der Waals surface area contributed by atoms with Crippen LogP contribution in [0.1, 0.15) is 38.7 Å². The maximum absolute atomic E-state index is 12.5. The molecule has 160 valence electrons. The molecule has 2 amide bonds. The van der Waals surface area contributed by atoms with Crippen molar-refractivity contribution in [2.75, 3.05) is 7.11 Å². The van der Waals surface area contributed by atoms with Crippen molar-refractivity contribution >= 4 is 23.8 Å². The van der Waals surface area contributed by atoms with Crippen LogP contribution in [0.15, 0.2) is 30.3 Å². The van der Waals surface area contributed by atoms with Crippen molar-refractivity contribution in [3.8, 4) is 0 Å². The molecule has 1 aromatic carbocycles. The second-order valence-electron chi connectivity index (χ2n) is 6.44. The molecule has 3 N–H and O–H groups in total. The average molecular weight is 408 g/mol. The first-order valence-electron chi connectivity index (χ1n) is 9.33. The number of hydrogen-bond donors (Lipinski definition) is 3. The Morgan fingerprint density at radius 3 is 2.31 bits per heavy atom. The van der Waals surface area contributed by atoms with Gasteiger partial charge in [0.05, 0.1) is 13.2 Å². The molecule has 0 saturated carbocycles. The molecule has 0 unspecified atom stereocenters. The molecule has 0 aromatic heterocycles. The molecule has 0 heterocycles. The van der Waals surface area contributed by atoms with Gasteiger partial charge >= 0.3 is 12.1 Å². The van der Waals surface area contributed by atoms with E-state index in [-0.39, 0.29) is 25.2 Å². The largest absolute Gasteiger partial charge is 0.467 e. The fourth-order valence-electron chi connectivity index (χ4n) is 2.43. The van der Waals surface area contributed by atoms with Crippen LogP contribution >= 0.6 is 0 Å². The summed E-state index contributed by atoms with van der Waals surface area (Å²) in [7, 11) is 1.16. The van der Waals surface area contributed by atoms with Gasteiger partial charge in [0.25, 0.3) is 0 Å². The lowest BCUT2D eigenvalue weighted by molar-refractivity contribution is -0.146. The smallest absolute Gasteiger partial charge is 0.408 e. The highest BCUT2D eigenvalue weighted by atomic mass is 16.5. The molecule has 3 atom stereocenters. The van der Waals surface area contributed by atoms with E-state index in [1.54, 1.807) is 31.2 Å². The molecule has 29 heavy (non-hydrogen) atoms. The molecule has 0 aliphatic carbocycles. The van der Waals surface area contributed by atoms with E-state index in [9.17, 15) is 24.3 Å². The predicted octanol–water partition coefficient (Wildman–Crippen LogP) is 1.08. The standard InChI is InChI=1S/C20H28N2O7/c1-4-15(24)10-11-16(19(26)28-3)21-18(25)17(13(2)23)22-20(27)29-12-14-8-6-5-7-9-14/h5-9,13,16-17,23H,4,10-12H2,1-3H3,(H,21,25)(H,22,27)/t13-,16+,17+/m1/s1. The van der Waals surface area contributed by atoms with Crippen molar-refractivity contribution in [3.63, 3.8) is 0 Å². The molecule has 9 heteroatoms. The summed E-state index contributed by atoms with van der Waals surface area (Å²) in [6.45, 7) is 3.00. The van der Waals surface area contributed by atoms with Gasteiger partial charge in [-0.25, -0.2) is 9.59 Å². The zero-order chi connectivity index (χ0) is 21.8. The Hall–Kier alpha value is -2.94. The number of carbonyl (C=O) groups is 4. The molecular formula is C20H28N2O7. The summed E-state index contributed by atoms with van der Waals surface area (Å²) in [6, 6.07) is 6.51. The highest BCUT2D eigenvalue weighted by Gasteiger charge is 2.30. The third kappa shape index (κ3) is 8.73. The van der Waals surface area contributed by atoms with E-state index in [1.165, 1.54) is 6.92 Å². The molecule has 1 rings (SSSR count). The summed E-state index contributed by atoms with van der Waals surface area (Å²) in [5.41, 5.74) is 0.757. The monoisotopic (exact) mass is 408 g/mol. The molecule has 0 radical (unpaired) electrons. The molecule has 0 aliphatic heterocycles. The number of hydrogen-bond acceptors (Lipinski definition) is 7. The summed E-state index contributed by atoms with van der Waals surface area (Å²) < 4.78 is 9.70. The van der Waals surface area contributed by atoms with Crippen LogP contribution in [0, 0.1) is 0 Å². The number of nitrogens with one attached hydrogen (secondary N) is 2. The zero-order valence-corrected chi connectivity index (χ0v) is 16.8. The summed E-state index contributed by atoms with van der Waals surface area (Å²) >= 11 is 0. The highest BCUT2D eigenvalue weighted by molar-refractivity contribution is 5.90. The Balaban J connectivity index is 2.69. The second-order valence-corrected chi connectivity index (χ2v) is 6.44. The van der Waals surface area contributed by atoms with Gasteiger partial charge < -0.3 is 25.2 Å². The van der Waals surface area contributed by atoms with Crippen molar-refractivity contribution in [2.24, 2.45) is 0 Å². The van der Waals surface area contributed by atoms with E-state index in [0.717, 1.165) is 12.7 Å². The highest BCUT2D eigenvalue weighted by Crippen LogP contribution is 2.05. The number of methoxy groups -OCH3 is 1. The van der Waals surface area contributed by atoms with Crippen LogP contribution < -0.4 is 10.6 Å². The number of ether oxygens (including phenoxy) is 2. The number of aliphatic hydroxyl groups is 1. The first kappa shape index (κ1) is 24.1. The second kappa shape index (κ2) is 12.5. The molecule has 0 fully saturated rings. The van der Waals surface area contributed by atoms with Crippen molar-refractivity contribution in [1.29, 1.82) is 0 Å². The lowest BCUT2D eigenvalue weighted by atomic mass is 10.1. The Bertz CT molecular complexity index is 691. The van der Waals surface area contributed by atoms with Crippen LogP contribution in [0.25, 0.3) is 0 Å². The fourth-order valence-corrected chi connectivity index (χ4v) is 2.43. The molecule has 0 spiro atoms. The number of esters is 1. The van der Waals surface area contributed by atoms with E-state index < -0.39 is 36.2 Å². The van der Waals surface area contributed by atoms with E-state index in [0.29, 0.717) is 6.42 Å². The Morgan fingerprint density at radius 2 is 1.76 bits per heavy atom. The Kier molecular flexibility index (Phi) is 10.4. The van der Waals surface area contributed by atoms with Crippen molar-refractivity contribution in [3.05, 3.63) is 35.9 Å². The number of aliphatic hydroxyl groups excluding tert-OH is 1. The quantitative estimate of drug-likeness (QED) is 0.467. The van der Waals surface area contributed by atoms with Gasteiger partial charge in [-0.15, -0.1) is 0 Å². The lowest BCUT2D eigenvalue weighted by Crippen LogP contribution is -2.56. The normalized spacial score (nSPS) is 13.5. The number of carbonyl (C=O) groups excluding carboxylic acids is 4. The minimum absolute atomic E-state index is 0.00919. The molecule has 9 nitrogen and oxygen atoms in total. The SMILES string of the molecule is CCC(=O)CC[C@H](NC(=O)[C@@H](NC(=O)OCc1ccccc1)[C@@H](C)O)C(=O)OC. The Labute approximate surface area is 169 Å². The molecular weight excluding hydrogens is 380 g/mol. The number of rotatable bonds is 11. The molecule has 0 aliphatic rings. The van der Waals surface area contributed by atoms with Crippen molar-refractivity contribution in [1.82, 2.24) is 10.6 Å². The number of alkyl carbamates (subject to hydrolysis) is 1. The summed E-state index contributed by atoms with van der Waals surface area (Å²) in [6.07, 6.45) is -1.70. The number of ketones is 1. The van der Waals surface area contributed by atoms with Crippen LogP contribution in [0.2, 0.25) is 0 Å². The van der Waals surface area contributed by atoms with Gasteiger partial charge in [0.1, 0.15) is 24.5 Å². The third-order valence-electron chi connectivity index (χ3n) is 4.16. The Morgan fingerprint density at radius 1 is 1.10 bits per heavy atom. The minimum atomic E-state index is -1.35. The van der Waals surface area contributed by atoms with Crippen LogP contribution in [0.3, 0.4) is 0 Å². The van der Waals surface area contributed by atoms with Gasteiger partial charge in [-0.05, 0) is 18.9 Å². The van der Waals surface area contributed by atoms with Crippen LogP contribution in [-0.2, 0) is 30.5 Å². The summed E-state index contributed by atoms with van der Waals surface area (Å²) in [4.78, 5) is 47.9. The number of benzene rings is 1. The van der Waals surface area contributed by atoms with Gasteiger partial charge in [0.15, 0.2) is 0 Å². The van der Waals surface area contributed by atoms with E-state index >= 15 is 0 Å². The van der Waals surface area contributed by atoms with Gasteiger partial charge in [-0.1, -0.05) is 37.3 Å². The predicted molar refractivity (Wildman–Crippen MR) is 104 cm³/mol. The first-order chi connectivity index (χ1) is 13.8. The van der Waals surface area contributed by atoms with Gasteiger partial charge in [-0.2, -0.15) is 0 Å². The molecule has 1 aromatic rings. The lowest BCUT2D eigenvalue weighted by Gasteiger charge is -2.23. The fraction of sp³-hybridized carbons (Fsp3) is 0.500. The van der Waals surface area contributed by atoms with Gasteiger partial charge in [0, 0.05) is 12.8 Å². The van der Waals surface area contributed by atoms with E-state index in [4.69, 9.17) is 4.74 Å². The van der Waals surface area contributed by atoms with Crippen LogP contribution in [0.4, 0.5) is 4.79 Å². The number of amides is 2. The van der Waals surface area contributed by atoms with Crippen LogP contribution in [-0.4, -0.2) is 54.2 Å². The first-order valence-corrected chi connectivity index (χ1v) is 9.33. The summed E-state index contributed by atoms with van der Waals surface area (Å²) in [5, 5.41) is 14.6. The van der Waals surface area contributed by atoms with Crippen molar-refractivity contribution < 1.29 is 33.8 Å². The van der Waals surface area contributed by atoms with E-state index in [1.807, 2.05) is 6.07 Å². The van der Waals surface area contributed by atoms with E-state index in [2.05, 4.69) is 15.4 Å². The topological polar surface area (TPSA) is 131 Å². The molecule has 0 bridgehead atoms. The van der Waals surface area contributed by atoms with Gasteiger partial charge in [-0.3, -0.25) is 9.59 Å². The minimum Gasteiger partial charge on any atom is -0.467 e. The zero-order valence-electron chi connectivity index (χ0n) is 16.8. The maximum atomic E-state index is 12.5. The number of Topliss-reactive ketones (excluding diaryl/α,β-unsaturated/α-hetero) is 1. The maximum Gasteiger partial charge on any atom is 0.408 e. The van der Waals surface area contributed by atoms with Crippen LogP contribution in [0.5, 0.6) is 0 Å². The third-order valence-corrected chi connectivity index (χ3v) is 4.16.